The standard InChI is InChI=1S/C13H15ClN2S/c1-2-6-15-12(13-16-7-8-17-13)10-4-3-5-11(14)9-10/h3-5,7-9,12,15H,2,6H2,1H3. The molecule has 0 spiro atoms. The van der Waals surface area contributed by atoms with Crippen LogP contribution in [0, 0.1) is 0 Å². The first kappa shape index (κ1) is 12.6. The maximum atomic E-state index is 6.04. The van der Waals surface area contributed by atoms with E-state index in [1.807, 2.05) is 29.8 Å². The van der Waals surface area contributed by atoms with Crippen LogP contribution in [0.25, 0.3) is 0 Å². The third-order valence-corrected chi connectivity index (χ3v) is 3.55. The van der Waals surface area contributed by atoms with Gasteiger partial charge in [-0.05, 0) is 30.7 Å². The molecule has 17 heavy (non-hydrogen) atoms. The lowest BCUT2D eigenvalue weighted by Crippen LogP contribution is -2.23. The summed E-state index contributed by atoms with van der Waals surface area (Å²) < 4.78 is 0. The second kappa shape index (κ2) is 6.15. The molecule has 2 rings (SSSR count). The highest BCUT2D eigenvalue weighted by Gasteiger charge is 2.15. The van der Waals surface area contributed by atoms with Crippen molar-refractivity contribution in [3.8, 4) is 0 Å². The Bertz CT molecular complexity index is 456. The van der Waals surface area contributed by atoms with Gasteiger partial charge in [-0.2, -0.15) is 0 Å². The Morgan fingerprint density at radius 1 is 1.47 bits per heavy atom. The second-order valence-corrected chi connectivity index (χ2v) is 5.18. The Morgan fingerprint density at radius 3 is 3.00 bits per heavy atom. The van der Waals surface area contributed by atoms with Gasteiger partial charge < -0.3 is 5.32 Å². The average molecular weight is 267 g/mol. The molecule has 90 valence electrons. The van der Waals surface area contributed by atoms with E-state index in [9.17, 15) is 0 Å². The van der Waals surface area contributed by atoms with Crippen LogP contribution in [0.5, 0.6) is 0 Å². The molecule has 0 bridgehead atoms. The molecule has 0 aliphatic rings. The summed E-state index contributed by atoms with van der Waals surface area (Å²) in [6, 6.07) is 8.10. The molecular weight excluding hydrogens is 252 g/mol. The largest absolute Gasteiger partial charge is 0.304 e. The third-order valence-electron chi connectivity index (χ3n) is 2.48. The quantitative estimate of drug-likeness (QED) is 0.888. The average Bonchev–Trinajstić information content (AvgIpc) is 2.83. The van der Waals surface area contributed by atoms with E-state index >= 15 is 0 Å². The minimum absolute atomic E-state index is 0.147. The molecule has 1 heterocycles. The number of halogens is 1. The van der Waals surface area contributed by atoms with Crippen molar-refractivity contribution >= 4 is 22.9 Å². The molecule has 0 aliphatic carbocycles. The van der Waals surface area contributed by atoms with Gasteiger partial charge in [0, 0.05) is 16.6 Å². The molecule has 1 unspecified atom stereocenters. The van der Waals surface area contributed by atoms with Crippen molar-refractivity contribution < 1.29 is 0 Å². The summed E-state index contributed by atoms with van der Waals surface area (Å²) in [6.07, 6.45) is 2.94. The van der Waals surface area contributed by atoms with Crippen LogP contribution < -0.4 is 5.32 Å². The number of rotatable bonds is 5. The monoisotopic (exact) mass is 266 g/mol. The van der Waals surface area contributed by atoms with Crippen molar-refractivity contribution in [3.05, 3.63) is 51.4 Å². The SMILES string of the molecule is CCCNC(c1cccc(Cl)c1)c1nccs1. The third kappa shape index (κ3) is 3.28. The molecular formula is C13H15ClN2S. The molecule has 0 radical (unpaired) electrons. The number of hydrogen-bond acceptors (Lipinski definition) is 3. The van der Waals surface area contributed by atoms with E-state index in [1.165, 1.54) is 5.56 Å². The van der Waals surface area contributed by atoms with Crippen molar-refractivity contribution in [2.45, 2.75) is 19.4 Å². The molecule has 0 saturated carbocycles. The lowest BCUT2D eigenvalue weighted by molar-refractivity contribution is 0.596. The Morgan fingerprint density at radius 2 is 2.35 bits per heavy atom. The lowest BCUT2D eigenvalue weighted by atomic mass is 10.1. The van der Waals surface area contributed by atoms with Crippen LogP contribution in [0.2, 0.25) is 5.02 Å². The summed E-state index contributed by atoms with van der Waals surface area (Å²) in [5.41, 5.74) is 1.17. The van der Waals surface area contributed by atoms with E-state index in [0.29, 0.717) is 0 Å². The Kier molecular flexibility index (Phi) is 4.54. The van der Waals surface area contributed by atoms with Gasteiger partial charge in [-0.1, -0.05) is 30.7 Å². The van der Waals surface area contributed by atoms with Crippen LogP contribution in [0.1, 0.15) is 30.0 Å². The van der Waals surface area contributed by atoms with E-state index in [0.717, 1.165) is 23.0 Å². The lowest BCUT2D eigenvalue weighted by Gasteiger charge is -2.16. The maximum absolute atomic E-state index is 6.04. The summed E-state index contributed by atoms with van der Waals surface area (Å²) >= 11 is 7.71. The van der Waals surface area contributed by atoms with Gasteiger partial charge in [-0.15, -0.1) is 11.3 Å². The van der Waals surface area contributed by atoms with Crippen LogP contribution in [-0.4, -0.2) is 11.5 Å². The normalized spacial score (nSPS) is 12.6. The van der Waals surface area contributed by atoms with Crippen LogP contribution in [0.4, 0.5) is 0 Å². The van der Waals surface area contributed by atoms with Crippen LogP contribution in [0.15, 0.2) is 35.8 Å². The summed E-state index contributed by atoms with van der Waals surface area (Å²) in [7, 11) is 0. The predicted molar refractivity (Wildman–Crippen MR) is 73.7 cm³/mol. The number of benzene rings is 1. The fourth-order valence-electron chi connectivity index (χ4n) is 1.70. The Labute approximate surface area is 111 Å². The summed E-state index contributed by atoms with van der Waals surface area (Å²) in [4.78, 5) is 4.39. The molecule has 1 aromatic heterocycles. The van der Waals surface area contributed by atoms with E-state index in [1.54, 1.807) is 11.3 Å². The van der Waals surface area contributed by atoms with Gasteiger partial charge in [0.1, 0.15) is 5.01 Å². The number of hydrogen-bond donors (Lipinski definition) is 1. The maximum Gasteiger partial charge on any atom is 0.114 e. The van der Waals surface area contributed by atoms with Crippen LogP contribution in [-0.2, 0) is 0 Å². The number of thiazole rings is 1. The molecule has 0 saturated heterocycles. The Balaban J connectivity index is 2.27. The summed E-state index contributed by atoms with van der Waals surface area (Å²) in [5, 5.41) is 7.36. The van der Waals surface area contributed by atoms with E-state index in [4.69, 9.17) is 11.6 Å². The fourth-order valence-corrected chi connectivity index (χ4v) is 2.64. The van der Waals surface area contributed by atoms with Gasteiger partial charge in [0.25, 0.3) is 0 Å². The molecule has 2 aromatic rings. The number of nitrogens with zero attached hydrogens (tertiary/aromatic N) is 1. The second-order valence-electron chi connectivity index (χ2n) is 3.81. The van der Waals surface area contributed by atoms with Crippen molar-refractivity contribution in [2.24, 2.45) is 0 Å². The molecule has 1 atom stereocenters. The fraction of sp³-hybridized carbons (Fsp3) is 0.308. The summed E-state index contributed by atoms with van der Waals surface area (Å²) in [6.45, 7) is 3.13. The van der Waals surface area contributed by atoms with Gasteiger partial charge in [-0.25, -0.2) is 4.98 Å². The first-order valence-electron chi connectivity index (χ1n) is 5.69. The molecule has 1 N–H and O–H groups in total. The first-order chi connectivity index (χ1) is 8.31. The van der Waals surface area contributed by atoms with Crippen molar-refractivity contribution in [1.82, 2.24) is 10.3 Å². The smallest absolute Gasteiger partial charge is 0.114 e. The summed E-state index contributed by atoms with van der Waals surface area (Å²) in [5.74, 6) is 0. The van der Waals surface area contributed by atoms with Crippen LogP contribution >= 0.6 is 22.9 Å². The van der Waals surface area contributed by atoms with Crippen molar-refractivity contribution in [1.29, 1.82) is 0 Å². The minimum atomic E-state index is 0.147. The minimum Gasteiger partial charge on any atom is -0.304 e. The van der Waals surface area contributed by atoms with Gasteiger partial charge in [0.2, 0.25) is 0 Å². The first-order valence-corrected chi connectivity index (χ1v) is 6.95. The topological polar surface area (TPSA) is 24.9 Å². The predicted octanol–water partition coefficient (Wildman–Crippen LogP) is 3.89. The molecule has 2 nitrogen and oxygen atoms in total. The van der Waals surface area contributed by atoms with Crippen molar-refractivity contribution in [3.63, 3.8) is 0 Å². The number of aromatic nitrogens is 1. The molecule has 0 aliphatic heterocycles. The molecule has 4 heteroatoms. The highest BCUT2D eigenvalue weighted by molar-refractivity contribution is 7.09. The molecule has 0 fully saturated rings. The van der Waals surface area contributed by atoms with E-state index in [-0.39, 0.29) is 6.04 Å². The highest BCUT2D eigenvalue weighted by atomic mass is 35.5. The van der Waals surface area contributed by atoms with Gasteiger partial charge in [0.15, 0.2) is 0 Å². The van der Waals surface area contributed by atoms with Gasteiger partial charge in [0.05, 0.1) is 6.04 Å². The van der Waals surface area contributed by atoms with Gasteiger partial charge >= 0.3 is 0 Å². The zero-order valence-corrected chi connectivity index (χ0v) is 11.3. The van der Waals surface area contributed by atoms with E-state index in [2.05, 4.69) is 23.3 Å². The van der Waals surface area contributed by atoms with Crippen LogP contribution in [0.3, 0.4) is 0 Å². The zero-order valence-electron chi connectivity index (χ0n) is 9.69. The molecule has 1 aromatic carbocycles. The molecule has 0 amide bonds. The zero-order chi connectivity index (χ0) is 12.1. The highest BCUT2D eigenvalue weighted by Crippen LogP contribution is 2.25. The van der Waals surface area contributed by atoms with E-state index < -0.39 is 0 Å². The Hall–Kier alpha value is -0.900. The van der Waals surface area contributed by atoms with Crippen molar-refractivity contribution in [2.75, 3.05) is 6.54 Å². The number of nitrogens with one attached hydrogen (secondary N) is 1. The van der Waals surface area contributed by atoms with Gasteiger partial charge in [-0.3, -0.25) is 0 Å².